The summed E-state index contributed by atoms with van der Waals surface area (Å²) in [4.78, 5) is 0. The van der Waals surface area contributed by atoms with E-state index in [-0.39, 0.29) is 11.3 Å². The third kappa shape index (κ3) is 2.78. The average molecular weight is 232 g/mol. The topological polar surface area (TPSA) is 59.1 Å². The van der Waals surface area contributed by atoms with Gasteiger partial charge in [-0.25, -0.2) is 0 Å². The average Bonchev–Trinajstić information content (AvgIpc) is 2.96. The van der Waals surface area contributed by atoms with Crippen LogP contribution in [0.2, 0.25) is 0 Å². The molecule has 0 amide bonds. The van der Waals surface area contributed by atoms with E-state index in [4.69, 9.17) is 15.9 Å². The molecule has 0 heterocycles. The molecule has 0 unspecified atom stereocenters. The Bertz CT molecular complexity index is 416. The molecule has 2 rings (SSSR count). The minimum Gasteiger partial charge on any atom is -0.492 e. The van der Waals surface area contributed by atoms with Gasteiger partial charge in [0, 0.05) is 11.8 Å². The van der Waals surface area contributed by atoms with E-state index in [1.54, 1.807) is 0 Å². The van der Waals surface area contributed by atoms with Gasteiger partial charge in [0.25, 0.3) is 0 Å². The van der Waals surface area contributed by atoms with Crippen molar-refractivity contribution in [3.63, 3.8) is 0 Å². The lowest BCUT2D eigenvalue weighted by atomic mass is 10.0. The van der Waals surface area contributed by atoms with Crippen molar-refractivity contribution in [2.45, 2.75) is 33.1 Å². The summed E-state index contributed by atoms with van der Waals surface area (Å²) in [6.07, 6.45) is 2.91. The van der Waals surface area contributed by atoms with Crippen LogP contribution in [0.1, 0.15) is 30.4 Å². The number of amidine groups is 1. The maximum atomic E-state index is 7.38. The van der Waals surface area contributed by atoms with Gasteiger partial charge >= 0.3 is 0 Å². The Morgan fingerprint density at radius 3 is 2.41 bits per heavy atom. The molecule has 1 saturated carbocycles. The van der Waals surface area contributed by atoms with Gasteiger partial charge in [-0.1, -0.05) is 18.2 Å². The zero-order chi connectivity index (χ0) is 12.5. The minimum atomic E-state index is 0.139. The molecule has 3 nitrogen and oxygen atoms in total. The van der Waals surface area contributed by atoms with Gasteiger partial charge in [0.2, 0.25) is 0 Å². The maximum Gasteiger partial charge on any atom is 0.125 e. The molecule has 1 aromatic rings. The molecule has 0 aromatic heterocycles. The van der Waals surface area contributed by atoms with Crippen LogP contribution in [0.5, 0.6) is 5.75 Å². The van der Waals surface area contributed by atoms with Crippen molar-refractivity contribution in [3.8, 4) is 5.75 Å². The lowest BCUT2D eigenvalue weighted by Crippen LogP contribution is -2.22. The van der Waals surface area contributed by atoms with Crippen molar-refractivity contribution < 1.29 is 4.74 Å². The summed E-state index contributed by atoms with van der Waals surface area (Å²) in [5.41, 5.74) is 7.95. The third-order valence-corrected chi connectivity index (χ3v) is 3.45. The van der Waals surface area contributed by atoms with Crippen LogP contribution < -0.4 is 10.5 Å². The summed E-state index contributed by atoms with van der Waals surface area (Å²) >= 11 is 0. The molecule has 1 aliphatic carbocycles. The van der Waals surface area contributed by atoms with Gasteiger partial charge in [0.1, 0.15) is 5.75 Å². The van der Waals surface area contributed by atoms with E-state index in [2.05, 4.69) is 26.0 Å². The van der Waals surface area contributed by atoms with Crippen molar-refractivity contribution >= 4 is 5.84 Å². The van der Waals surface area contributed by atoms with Crippen molar-refractivity contribution in [1.82, 2.24) is 0 Å². The molecule has 0 saturated heterocycles. The Morgan fingerprint density at radius 2 is 1.94 bits per heavy atom. The number of nitrogens with two attached hydrogens (primary N) is 1. The van der Waals surface area contributed by atoms with Crippen LogP contribution >= 0.6 is 0 Å². The van der Waals surface area contributed by atoms with E-state index in [0.717, 1.165) is 18.6 Å². The molecule has 0 atom stereocenters. The first kappa shape index (κ1) is 12.0. The minimum absolute atomic E-state index is 0.139. The first-order valence-electron chi connectivity index (χ1n) is 6.04. The second-order valence-corrected chi connectivity index (χ2v) is 5.21. The fraction of sp³-hybridized carbons (Fsp3) is 0.500. The van der Waals surface area contributed by atoms with Gasteiger partial charge in [-0.05, 0) is 37.8 Å². The van der Waals surface area contributed by atoms with Crippen molar-refractivity contribution in [3.05, 3.63) is 29.3 Å². The van der Waals surface area contributed by atoms with Crippen LogP contribution in [-0.2, 0) is 0 Å². The molecule has 1 aromatic carbocycles. The largest absolute Gasteiger partial charge is 0.492 e. The van der Waals surface area contributed by atoms with E-state index in [0.29, 0.717) is 13.0 Å². The number of hydrogen-bond donors (Lipinski definition) is 2. The summed E-state index contributed by atoms with van der Waals surface area (Å²) in [6, 6.07) is 6.17. The number of ether oxygens (including phenoxy) is 1. The fourth-order valence-electron chi connectivity index (χ4n) is 2.21. The summed E-state index contributed by atoms with van der Waals surface area (Å²) < 4.78 is 5.94. The SMILES string of the molecule is Cc1cccc(C)c1OCC1(CC(=N)N)CC1. The maximum absolute atomic E-state index is 7.38. The molecule has 1 fully saturated rings. The van der Waals surface area contributed by atoms with Crippen LogP contribution in [0.25, 0.3) is 0 Å². The highest BCUT2D eigenvalue weighted by atomic mass is 16.5. The number of benzene rings is 1. The van der Waals surface area contributed by atoms with Crippen LogP contribution in [0.3, 0.4) is 0 Å². The Hall–Kier alpha value is -1.51. The number of hydrogen-bond acceptors (Lipinski definition) is 2. The first-order valence-corrected chi connectivity index (χ1v) is 6.04. The first-order chi connectivity index (χ1) is 8.02. The molecular formula is C14H20N2O. The predicted molar refractivity (Wildman–Crippen MR) is 69.6 cm³/mol. The van der Waals surface area contributed by atoms with Crippen LogP contribution in [0, 0.1) is 24.7 Å². The number of aryl methyl sites for hydroxylation is 2. The summed E-state index contributed by atoms with van der Waals surface area (Å²) in [5, 5.41) is 7.38. The summed E-state index contributed by atoms with van der Waals surface area (Å²) in [5.74, 6) is 1.26. The van der Waals surface area contributed by atoms with Crippen molar-refractivity contribution in [1.29, 1.82) is 5.41 Å². The highest BCUT2D eigenvalue weighted by Gasteiger charge is 2.44. The third-order valence-electron chi connectivity index (χ3n) is 3.45. The summed E-state index contributed by atoms with van der Waals surface area (Å²) in [6.45, 7) is 4.80. The molecular weight excluding hydrogens is 212 g/mol. The Balaban J connectivity index is 2.01. The second-order valence-electron chi connectivity index (χ2n) is 5.21. The smallest absolute Gasteiger partial charge is 0.125 e. The normalized spacial score (nSPS) is 16.6. The Morgan fingerprint density at radius 1 is 1.35 bits per heavy atom. The fourth-order valence-corrected chi connectivity index (χ4v) is 2.21. The lowest BCUT2D eigenvalue weighted by Gasteiger charge is -2.18. The standard InChI is InChI=1S/C14H20N2O/c1-10-4-3-5-11(2)13(10)17-9-14(6-7-14)8-12(15)16/h3-5H,6-9H2,1-2H3,(H3,15,16). The highest BCUT2D eigenvalue weighted by Crippen LogP contribution is 2.49. The van der Waals surface area contributed by atoms with Gasteiger partial charge in [0.05, 0.1) is 12.4 Å². The van der Waals surface area contributed by atoms with Crippen LogP contribution in [-0.4, -0.2) is 12.4 Å². The summed E-state index contributed by atoms with van der Waals surface area (Å²) in [7, 11) is 0. The quantitative estimate of drug-likeness (QED) is 0.605. The van der Waals surface area contributed by atoms with Crippen molar-refractivity contribution in [2.24, 2.45) is 11.1 Å². The van der Waals surface area contributed by atoms with Crippen LogP contribution in [0.4, 0.5) is 0 Å². The van der Waals surface area contributed by atoms with Crippen molar-refractivity contribution in [2.75, 3.05) is 6.61 Å². The van der Waals surface area contributed by atoms with Gasteiger partial charge in [-0.15, -0.1) is 0 Å². The molecule has 3 N–H and O–H groups in total. The number of nitrogens with one attached hydrogen (secondary N) is 1. The molecule has 1 aliphatic rings. The molecule has 0 aliphatic heterocycles. The molecule has 92 valence electrons. The van der Waals surface area contributed by atoms with E-state index < -0.39 is 0 Å². The zero-order valence-corrected chi connectivity index (χ0v) is 10.5. The monoisotopic (exact) mass is 232 g/mol. The van der Waals surface area contributed by atoms with Gasteiger partial charge in [-0.3, -0.25) is 5.41 Å². The van der Waals surface area contributed by atoms with E-state index in [1.165, 1.54) is 11.1 Å². The number of para-hydroxylation sites is 1. The lowest BCUT2D eigenvalue weighted by molar-refractivity contribution is 0.236. The van der Waals surface area contributed by atoms with Gasteiger partial charge in [0.15, 0.2) is 0 Å². The van der Waals surface area contributed by atoms with Crippen LogP contribution in [0.15, 0.2) is 18.2 Å². The van der Waals surface area contributed by atoms with Gasteiger partial charge in [-0.2, -0.15) is 0 Å². The van der Waals surface area contributed by atoms with E-state index in [9.17, 15) is 0 Å². The second kappa shape index (κ2) is 4.40. The number of rotatable bonds is 5. The zero-order valence-electron chi connectivity index (χ0n) is 10.5. The highest BCUT2D eigenvalue weighted by molar-refractivity contribution is 5.78. The molecule has 17 heavy (non-hydrogen) atoms. The molecule has 0 spiro atoms. The molecule has 0 radical (unpaired) electrons. The Kier molecular flexibility index (Phi) is 3.09. The molecule has 0 bridgehead atoms. The van der Waals surface area contributed by atoms with E-state index in [1.807, 2.05) is 6.07 Å². The Labute approximate surface area is 102 Å². The van der Waals surface area contributed by atoms with Gasteiger partial charge < -0.3 is 10.5 Å². The van der Waals surface area contributed by atoms with E-state index >= 15 is 0 Å². The molecule has 3 heteroatoms. The predicted octanol–water partition coefficient (Wildman–Crippen LogP) is 2.79.